The summed E-state index contributed by atoms with van der Waals surface area (Å²) in [4.78, 5) is 4.37. The molecule has 0 radical (unpaired) electrons. The Balaban J connectivity index is 1.91. The highest BCUT2D eigenvalue weighted by Gasteiger charge is 2.00. The van der Waals surface area contributed by atoms with Gasteiger partial charge in [-0.05, 0) is 37.1 Å². The topological polar surface area (TPSA) is 38.7 Å². The molecule has 0 aliphatic rings. The van der Waals surface area contributed by atoms with Crippen molar-refractivity contribution in [2.75, 3.05) is 0 Å². The fourth-order valence-corrected chi connectivity index (χ4v) is 2.23. The fourth-order valence-electron chi connectivity index (χ4n) is 1.80. The number of hydrogen-bond acceptors (Lipinski definition) is 4. The van der Waals surface area contributed by atoms with E-state index in [9.17, 15) is 0 Å². The molecule has 20 heavy (non-hydrogen) atoms. The van der Waals surface area contributed by atoms with Gasteiger partial charge in [-0.3, -0.25) is 0 Å². The number of hydrogen-bond donors (Lipinski definition) is 0. The van der Waals surface area contributed by atoms with Crippen LogP contribution in [-0.2, 0) is 0 Å². The zero-order valence-electron chi connectivity index (χ0n) is 10.9. The lowest BCUT2D eigenvalue weighted by Gasteiger charge is -1.96. The van der Waals surface area contributed by atoms with Gasteiger partial charge in [0.05, 0.1) is 17.9 Å². The van der Waals surface area contributed by atoms with Crippen LogP contribution in [0.25, 0.3) is 11.3 Å². The van der Waals surface area contributed by atoms with Crippen LogP contribution in [0.1, 0.15) is 17.0 Å². The van der Waals surface area contributed by atoms with Crippen molar-refractivity contribution in [2.24, 2.45) is 0 Å². The number of pyridine rings is 1. The number of benzene rings is 1. The average molecular weight is 277 g/mol. The number of aromatic nitrogens is 3. The Morgan fingerprint density at radius 1 is 1.05 bits per heavy atom. The first-order chi connectivity index (χ1) is 9.81. The van der Waals surface area contributed by atoms with E-state index in [2.05, 4.69) is 25.6 Å². The summed E-state index contributed by atoms with van der Waals surface area (Å²) in [7, 11) is 0. The molecule has 1 aromatic carbocycles. The summed E-state index contributed by atoms with van der Waals surface area (Å²) in [5.41, 5.74) is 4.61. The molecule has 0 bridgehead atoms. The van der Waals surface area contributed by atoms with Crippen LogP contribution in [0.4, 0.5) is 0 Å². The Morgan fingerprint density at radius 3 is 2.75 bits per heavy atom. The van der Waals surface area contributed by atoms with Gasteiger partial charge in [-0.2, -0.15) is 8.75 Å². The maximum Gasteiger partial charge on any atom is 0.113 e. The van der Waals surface area contributed by atoms with Crippen LogP contribution in [0, 0.1) is 18.8 Å². The molecule has 0 amide bonds. The highest BCUT2D eigenvalue weighted by molar-refractivity contribution is 6.99. The third-order valence-corrected chi connectivity index (χ3v) is 3.22. The van der Waals surface area contributed by atoms with Crippen molar-refractivity contribution in [1.29, 1.82) is 0 Å². The molecule has 0 atom stereocenters. The second kappa shape index (κ2) is 5.64. The Bertz CT molecular complexity index is 783. The van der Waals surface area contributed by atoms with Crippen molar-refractivity contribution in [3.8, 4) is 23.1 Å². The maximum atomic E-state index is 4.37. The average Bonchev–Trinajstić information content (AvgIpc) is 3.00. The van der Waals surface area contributed by atoms with Gasteiger partial charge in [-0.15, -0.1) is 0 Å². The van der Waals surface area contributed by atoms with Crippen molar-refractivity contribution in [1.82, 2.24) is 13.7 Å². The second-order valence-electron chi connectivity index (χ2n) is 4.29. The summed E-state index contributed by atoms with van der Waals surface area (Å²) < 4.78 is 8.24. The van der Waals surface area contributed by atoms with Crippen LogP contribution in [0.3, 0.4) is 0 Å². The standard InChI is InChI=1S/C16H11N3S/c1-12-4-2-7-15(18-12)9-8-13-5-3-6-14(10-13)16-11-17-20-19-16/h2-7,10-11H,1H3. The molecule has 0 saturated carbocycles. The minimum atomic E-state index is 0.783. The van der Waals surface area contributed by atoms with Gasteiger partial charge in [0, 0.05) is 16.8 Å². The highest BCUT2D eigenvalue weighted by Crippen LogP contribution is 2.17. The van der Waals surface area contributed by atoms with Gasteiger partial charge >= 0.3 is 0 Å². The van der Waals surface area contributed by atoms with E-state index in [-0.39, 0.29) is 0 Å². The van der Waals surface area contributed by atoms with Gasteiger partial charge in [0.25, 0.3) is 0 Å². The Labute approximate surface area is 121 Å². The Morgan fingerprint density at radius 2 is 1.95 bits per heavy atom. The summed E-state index contributed by atoms with van der Waals surface area (Å²) in [6, 6.07) is 13.8. The van der Waals surface area contributed by atoms with Gasteiger partial charge in [-0.25, -0.2) is 4.98 Å². The molecule has 0 fully saturated rings. The Kier molecular flexibility index (Phi) is 3.53. The van der Waals surface area contributed by atoms with Crippen molar-refractivity contribution < 1.29 is 0 Å². The normalized spacial score (nSPS) is 9.85. The van der Waals surface area contributed by atoms with Crippen molar-refractivity contribution in [2.45, 2.75) is 6.92 Å². The smallest absolute Gasteiger partial charge is 0.113 e. The van der Waals surface area contributed by atoms with Crippen LogP contribution >= 0.6 is 11.7 Å². The molecule has 3 rings (SSSR count). The molecule has 0 aliphatic carbocycles. The highest BCUT2D eigenvalue weighted by atomic mass is 32.1. The molecule has 4 heteroatoms. The lowest BCUT2D eigenvalue weighted by Crippen LogP contribution is -1.85. The van der Waals surface area contributed by atoms with E-state index in [0.717, 1.165) is 28.2 Å². The minimum Gasteiger partial charge on any atom is -0.245 e. The van der Waals surface area contributed by atoms with E-state index in [1.165, 1.54) is 11.7 Å². The van der Waals surface area contributed by atoms with Gasteiger partial charge in [0.2, 0.25) is 0 Å². The second-order valence-corrected chi connectivity index (χ2v) is 4.84. The molecular weight excluding hydrogens is 266 g/mol. The van der Waals surface area contributed by atoms with Crippen LogP contribution < -0.4 is 0 Å². The van der Waals surface area contributed by atoms with E-state index < -0.39 is 0 Å². The maximum absolute atomic E-state index is 4.37. The summed E-state index contributed by atoms with van der Waals surface area (Å²) in [5.74, 6) is 6.21. The van der Waals surface area contributed by atoms with Gasteiger partial charge in [-0.1, -0.05) is 24.1 Å². The van der Waals surface area contributed by atoms with E-state index in [0.29, 0.717) is 0 Å². The summed E-state index contributed by atoms with van der Waals surface area (Å²) >= 11 is 1.21. The summed E-state index contributed by atoms with van der Waals surface area (Å²) in [6.07, 6.45) is 1.76. The molecule has 0 saturated heterocycles. The zero-order valence-corrected chi connectivity index (χ0v) is 11.7. The van der Waals surface area contributed by atoms with Crippen LogP contribution in [0.5, 0.6) is 0 Å². The summed E-state index contributed by atoms with van der Waals surface area (Å²) in [6.45, 7) is 1.96. The molecule has 96 valence electrons. The van der Waals surface area contributed by atoms with E-state index >= 15 is 0 Å². The fraction of sp³-hybridized carbons (Fsp3) is 0.0625. The molecule has 2 heterocycles. The van der Waals surface area contributed by atoms with Crippen molar-refractivity contribution in [3.63, 3.8) is 0 Å². The lowest BCUT2D eigenvalue weighted by atomic mass is 10.1. The zero-order chi connectivity index (χ0) is 13.8. The number of nitrogens with zero attached hydrogens (tertiary/aromatic N) is 3. The quantitative estimate of drug-likeness (QED) is 0.641. The molecule has 0 spiro atoms. The molecular formula is C16H11N3S. The monoisotopic (exact) mass is 277 g/mol. The third-order valence-electron chi connectivity index (χ3n) is 2.74. The van der Waals surface area contributed by atoms with Gasteiger partial charge in [0.15, 0.2) is 0 Å². The van der Waals surface area contributed by atoms with Crippen molar-refractivity contribution >= 4 is 11.7 Å². The van der Waals surface area contributed by atoms with E-state index in [4.69, 9.17) is 0 Å². The van der Waals surface area contributed by atoms with Crippen LogP contribution in [0.15, 0.2) is 48.7 Å². The Hall–Kier alpha value is -2.51. The molecule has 0 aliphatic heterocycles. The van der Waals surface area contributed by atoms with Crippen molar-refractivity contribution in [3.05, 3.63) is 65.6 Å². The number of aryl methyl sites for hydroxylation is 1. The largest absolute Gasteiger partial charge is 0.245 e. The van der Waals surface area contributed by atoms with Gasteiger partial charge in [0.1, 0.15) is 11.4 Å². The lowest BCUT2D eigenvalue weighted by molar-refractivity contribution is 1.18. The van der Waals surface area contributed by atoms with E-state index in [1.54, 1.807) is 6.20 Å². The number of rotatable bonds is 1. The SMILES string of the molecule is Cc1cccc(C#Cc2cccc(-c3cnsn3)c2)n1. The summed E-state index contributed by atoms with van der Waals surface area (Å²) in [5, 5.41) is 0. The van der Waals surface area contributed by atoms with Crippen LogP contribution in [-0.4, -0.2) is 13.7 Å². The first-order valence-electron chi connectivity index (χ1n) is 6.15. The molecule has 0 unspecified atom stereocenters. The van der Waals surface area contributed by atoms with E-state index in [1.807, 2.05) is 49.4 Å². The molecule has 3 aromatic rings. The van der Waals surface area contributed by atoms with Gasteiger partial charge < -0.3 is 0 Å². The van der Waals surface area contributed by atoms with Crippen LogP contribution in [0.2, 0.25) is 0 Å². The minimum absolute atomic E-state index is 0.783. The third kappa shape index (κ3) is 2.90. The predicted octanol–water partition coefficient (Wildman–Crippen LogP) is 3.31. The first kappa shape index (κ1) is 12.5. The predicted molar refractivity (Wildman–Crippen MR) is 80.3 cm³/mol. The molecule has 3 nitrogen and oxygen atoms in total. The first-order valence-corrected chi connectivity index (χ1v) is 6.88. The molecule has 0 N–H and O–H groups in total. The molecule has 2 aromatic heterocycles.